The Bertz CT molecular complexity index is 679. The van der Waals surface area contributed by atoms with E-state index in [1.54, 1.807) is 30.3 Å². The van der Waals surface area contributed by atoms with Crippen molar-refractivity contribution in [3.05, 3.63) is 58.9 Å². The molecule has 2 aromatic carbocycles. The summed E-state index contributed by atoms with van der Waals surface area (Å²) in [5, 5.41) is 14.6. The van der Waals surface area contributed by atoms with Gasteiger partial charge in [0.2, 0.25) is 5.91 Å². The topological polar surface area (TPSA) is 61.4 Å². The molecule has 1 amide bonds. The molecule has 2 rings (SSSR count). The lowest BCUT2D eigenvalue weighted by Gasteiger charge is -2.17. The first-order valence-corrected chi connectivity index (χ1v) is 7.09. The van der Waals surface area contributed by atoms with E-state index in [2.05, 4.69) is 10.6 Å². The molecule has 0 unspecified atom stereocenters. The molecule has 0 spiro atoms. The number of anilines is 2. The van der Waals surface area contributed by atoms with Crippen LogP contribution in [0.15, 0.2) is 42.5 Å². The van der Waals surface area contributed by atoms with Crippen molar-refractivity contribution >= 4 is 28.9 Å². The highest BCUT2D eigenvalue weighted by Gasteiger charge is 2.09. The van der Waals surface area contributed by atoms with Crippen LogP contribution in [0.1, 0.15) is 18.5 Å². The Hall–Kier alpha value is -2.11. The Labute approximate surface area is 132 Å². The van der Waals surface area contributed by atoms with Crippen LogP contribution in [0.25, 0.3) is 0 Å². The van der Waals surface area contributed by atoms with Gasteiger partial charge in [-0.3, -0.25) is 4.79 Å². The van der Waals surface area contributed by atoms with Gasteiger partial charge in [0.15, 0.2) is 0 Å². The van der Waals surface area contributed by atoms with Gasteiger partial charge in [0, 0.05) is 17.4 Å². The molecule has 0 radical (unpaired) electrons. The third-order valence-corrected chi connectivity index (χ3v) is 3.41. The van der Waals surface area contributed by atoms with Crippen LogP contribution in [0.5, 0.6) is 0 Å². The molecule has 0 aliphatic heterocycles. The van der Waals surface area contributed by atoms with E-state index in [4.69, 9.17) is 16.7 Å². The van der Waals surface area contributed by atoms with Gasteiger partial charge in [-0.25, -0.2) is 4.39 Å². The molecule has 22 heavy (non-hydrogen) atoms. The van der Waals surface area contributed by atoms with Crippen molar-refractivity contribution in [2.45, 2.75) is 13.0 Å². The molecule has 1 atom stereocenters. The number of nitrogens with one attached hydrogen (secondary N) is 2. The zero-order chi connectivity index (χ0) is 16.1. The van der Waals surface area contributed by atoms with Crippen LogP contribution in [0.4, 0.5) is 15.8 Å². The van der Waals surface area contributed by atoms with Crippen molar-refractivity contribution in [1.82, 2.24) is 0 Å². The maximum Gasteiger partial charge on any atom is 0.250 e. The van der Waals surface area contributed by atoms with E-state index >= 15 is 0 Å². The van der Waals surface area contributed by atoms with E-state index in [-0.39, 0.29) is 11.1 Å². The summed E-state index contributed by atoms with van der Waals surface area (Å²) in [6, 6.07) is 11.6. The molecule has 0 heterocycles. The summed E-state index contributed by atoms with van der Waals surface area (Å²) in [7, 11) is 0. The Balaban J connectivity index is 2.10. The molecular weight excluding hydrogens is 307 g/mol. The van der Waals surface area contributed by atoms with Gasteiger partial charge in [-0.05, 0) is 42.8 Å². The minimum absolute atomic E-state index is 0.0788. The molecule has 0 bridgehead atoms. The van der Waals surface area contributed by atoms with Gasteiger partial charge in [-0.2, -0.15) is 0 Å². The van der Waals surface area contributed by atoms with E-state index in [1.165, 1.54) is 6.07 Å². The number of carbonyl (C=O) groups is 1. The van der Waals surface area contributed by atoms with Crippen molar-refractivity contribution in [3.63, 3.8) is 0 Å². The van der Waals surface area contributed by atoms with Crippen LogP contribution in [-0.4, -0.2) is 17.6 Å². The molecule has 116 valence electrons. The molecule has 3 N–H and O–H groups in total. The van der Waals surface area contributed by atoms with Crippen LogP contribution in [0, 0.1) is 5.82 Å². The lowest BCUT2D eigenvalue weighted by atomic mass is 10.1. The second-order valence-corrected chi connectivity index (χ2v) is 5.23. The van der Waals surface area contributed by atoms with Crippen molar-refractivity contribution in [3.8, 4) is 0 Å². The lowest BCUT2D eigenvalue weighted by molar-refractivity contribution is -0.118. The molecule has 2 aromatic rings. The van der Waals surface area contributed by atoms with Crippen LogP contribution in [0.3, 0.4) is 0 Å². The van der Waals surface area contributed by atoms with Crippen LogP contribution < -0.4 is 10.6 Å². The number of hydrogen-bond acceptors (Lipinski definition) is 3. The maximum absolute atomic E-state index is 13.2. The minimum Gasteiger partial charge on any atom is -0.387 e. The molecule has 0 saturated carbocycles. The number of halogens is 2. The second kappa shape index (κ2) is 7.24. The molecule has 0 aliphatic carbocycles. The van der Waals surface area contributed by atoms with Gasteiger partial charge in [-0.15, -0.1) is 0 Å². The van der Waals surface area contributed by atoms with Gasteiger partial charge in [0.25, 0.3) is 0 Å². The Kier molecular flexibility index (Phi) is 5.35. The molecule has 6 heteroatoms. The van der Waals surface area contributed by atoms with Crippen molar-refractivity contribution in [2.75, 3.05) is 17.2 Å². The summed E-state index contributed by atoms with van der Waals surface area (Å²) in [5.74, 6) is -0.929. The highest BCUT2D eigenvalue weighted by atomic mass is 35.5. The first-order valence-electron chi connectivity index (χ1n) is 6.72. The standard InChI is InChI=1S/C16H16ClFN2O2/c1-10(11-5-6-15(18)14(17)7-11)19-12-3-2-4-13(8-12)20-16(22)9-21/h2-8,10,19,21H,9H2,1H3,(H,20,22)/t10-/m1/s1. The SMILES string of the molecule is C[C@@H](Nc1cccc(NC(=O)CO)c1)c1ccc(F)c(Cl)c1. The monoisotopic (exact) mass is 322 g/mol. The van der Waals surface area contributed by atoms with Gasteiger partial charge < -0.3 is 15.7 Å². The summed E-state index contributed by atoms with van der Waals surface area (Å²) >= 11 is 5.79. The average Bonchev–Trinajstić information content (AvgIpc) is 2.50. The van der Waals surface area contributed by atoms with Crippen LogP contribution in [0.2, 0.25) is 5.02 Å². The Morgan fingerprint density at radius 1 is 1.27 bits per heavy atom. The number of carbonyl (C=O) groups excluding carboxylic acids is 1. The lowest BCUT2D eigenvalue weighted by Crippen LogP contribution is -2.15. The maximum atomic E-state index is 13.2. The van der Waals surface area contributed by atoms with Gasteiger partial charge >= 0.3 is 0 Å². The summed E-state index contributed by atoms with van der Waals surface area (Å²) in [6.45, 7) is 1.35. The smallest absolute Gasteiger partial charge is 0.250 e. The number of benzene rings is 2. The van der Waals surface area contributed by atoms with Crippen molar-refractivity contribution in [1.29, 1.82) is 0 Å². The summed E-state index contributed by atoms with van der Waals surface area (Å²) in [6.07, 6.45) is 0. The highest BCUT2D eigenvalue weighted by molar-refractivity contribution is 6.30. The van der Waals surface area contributed by atoms with E-state index in [0.717, 1.165) is 11.3 Å². The molecule has 0 aromatic heterocycles. The third-order valence-electron chi connectivity index (χ3n) is 3.12. The molecule has 4 nitrogen and oxygen atoms in total. The number of amides is 1. The number of rotatable bonds is 5. The predicted octanol–water partition coefficient (Wildman–Crippen LogP) is 3.58. The van der Waals surface area contributed by atoms with Crippen LogP contribution >= 0.6 is 11.6 Å². The fraction of sp³-hybridized carbons (Fsp3) is 0.188. The van der Waals surface area contributed by atoms with Gasteiger partial charge in [0.1, 0.15) is 12.4 Å². The summed E-state index contributed by atoms with van der Waals surface area (Å²) in [5.41, 5.74) is 2.20. The largest absolute Gasteiger partial charge is 0.387 e. The first-order chi connectivity index (χ1) is 10.5. The van der Waals surface area contributed by atoms with E-state index in [0.29, 0.717) is 5.69 Å². The number of aliphatic hydroxyl groups is 1. The average molecular weight is 323 g/mol. The van der Waals surface area contributed by atoms with Crippen molar-refractivity contribution < 1.29 is 14.3 Å². The number of aliphatic hydroxyl groups excluding tert-OH is 1. The zero-order valence-corrected chi connectivity index (χ0v) is 12.7. The minimum atomic E-state index is -0.567. The highest BCUT2D eigenvalue weighted by Crippen LogP contribution is 2.25. The Morgan fingerprint density at radius 3 is 2.68 bits per heavy atom. The van der Waals surface area contributed by atoms with Crippen LogP contribution in [-0.2, 0) is 4.79 Å². The second-order valence-electron chi connectivity index (χ2n) is 4.83. The quantitative estimate of drug-likeness (QED) is 0.788. The predicted molar refractivity (Wildman–Crippen MR) is 85.6 cm³/mol. The fourth-order valence-corrected chi connectivity index (χ4v) is 2.19. The molecule has 0 saturated heterocycles. The van der Waals surface area contributed by atoms with E-state index < -0.39 is 18.3 Å². The van der Waals surface area contributed by atoms with Crippen molar-refractivity contribution in [2.24, 2.45) is 0 Å². The fourth-order valence-electron chi connectivity index (χ4n) is 2.00. The van der Waals surface area contributed by atoms with E-state index in [9.17, 15) is 9.18 Å². The Morgan fingerprint density at radius 2 is 2.00 bits per heavy atom. The first kappa shape index (κ1) is 16.3. The van der Waals surface area contributed by atoms with Gasteiger partial charge in [-0.1, -0.05) is 23.7 Å². The zero-order valence-electron chi connectivity index (χ0n) is 11.9. The third kappa shape index (κ3) is 4.19. The summed E-state index contributed by atoms with van der Waals surface area (Å²) < 4.78 is 13.2. The van der Waals surface area contributed by atoms with Gasteiger partial charge in [0.05, 0.1) is 5.02 Å². The molecule has 0 fully saturated rings. The molecular formula is C16H16ClFN2O2. The summed E-state index contributed by atoms with van der Waals surface area (Å²) in [4.78, 5) is 11.2. The normalized spacial score (nSPS) is 11.8. The molecule has 0 aliphatic rings. The van der Waals surface area contributed by atoms with E-state index in [1.807, 2.05) is 13.0 Å². The number of hydrogen-bond donors (Lipinski definition) is 3.